The van der Waals surface area contributed by atoms with E-state index >= 15 is 0 Å². The highest BCUT2D eigenvalue weighted by Gasteiger charge is 2.29. The number of aliphatic carboxylic acids is 1. The molecule has 5 nitrogen and oxygen atoms in total. The molecule has 0 saturated heterocycles. The molecule has 0 fully saturated rings. The fourth-order valence-electron chi connectivity index (χ4n) is 1.03. The van der Waals surface area contributed by atoms with Gasteiger partial charge in [0.2, 0.25) is 5.91 Å². The van der Waals surface area contributed by atoms with Gasteiger partial charge in [-0.05, 0) is 27.7 Å². The Morgan fingerprint density at radius 1 is 1.43 bits per heavy atom. The van der Waals surface area contributed by atoms with Crippen molar-refractivity contribution in [3.05, 3.63) is 0 Å². The molecule has 0 heterocycles. The third-order valence-corrected chi connectivity index (χ3v) is 1.76. The number of carbonyl (C=O) groups is 2. The van der Waals surface area contributed by atoms with Crippen LogP contribution in [0.3, 0.4) is 0 Å². The van der Waals surface area contributed by atoms with Gasteiger partial charge in [0.25, 0.3) is 0 Å². The van der Waals surface area contributed by atoms with Crippen LogP contribution < -0.4 is 5.73 Å². The Morgan fingerprint density at radius 3 is 2.07 bits per heavy atom. The molecule has 0 aliphatic carbocycles. The zero-order valence-corrected chi connectivity index (χ0v) is 9.07. The molecule has 0 aromatic rings. The SMILES string of the molecule is C[C@H](N)C(=O)N(CC(=O)O)C(C)(C)C. The van der Waals surface area contributed by atoms with Crippen molar-refractivity contribution in [1.82, 2.24) is 4.90 Å². The Bertz CT molecular complexity index is 231. The van der Waals surface area contributed by atoms with Crippen LogP contribution in [0.15, 0.2) is 0 Å². The molecular formula is C9H18N2O3. The van der Waals surface area contributed by atoms with Crippen molar-refractivity contribution in [1.29, 1.82) is 0 Å². The standard InChI is InChI=1S/C9H18N2O3/c1-6(10)8(14)11(5-7(12)13)9(2,3)4/h6H,5,10H2,1-4H3,(H,12,13)/t6-/m0/s1. The number of hydrogen-bond donors (Lipinski definition) is 2. The van der Waals surface area contributed by atoms with Gasteiger partial charge in [0.15, 0.2) is 0 Å². The summed E-state index contributed by atoms with van der Waals surface area (Å²) in [5.41, 5.74) is 4.90. The molecular weight excluding hydrogens is 184 g/mol. The summed E-state index contributed by atoms with van der Waals surface area (Å²) in [6.45, 7) is 6.55. The third-order valence-electron chi connectivity index (χ3n) is 1.76. The van der Waals surface area contributed by atoms with E-state index in [0.717, 1.165) is 0 Å². The van der Waals surface area contributed by atoms with E-state index in [1.54, 1.807) is 27.7 Å². The van der Waals surface area contributed by atoms with E-state index in [4.69, 9.17) is 10.8 Å². The van der Waals surface area contributed by atoms with Crippen LogP contribution >= 0.6 is 0 Å². The van der Waals surface area contributed by atoms with Crippen LogP contribution in [0, 0.1) is 0 Å². The number of amides is 1. The van der Waals surface area contributed by atoms with Gasteiger partial charge >= 0.3 is 5.97 Å². The minimum Gasteiger partial charge on any atom is -0.480 e. The Hall–Kier alpha value is -1.10. The van der Waals surface area contributed by atoms with Gasteiger partial charge in [-0.15, -0.1) is 0 Å². The van der Waals surface area contributed by atoms with E-state index < -0.39 is 17.6 Å². The smallest absolute Gasteiger partial charge is 0.323 e. The van der Waals surface area contributed by atoms with Gasteiger partial charge < -0.3 is 15.7 Å². The largest absolute Gasteiger partial charge is 0.480 e. The molecule has 0 aliphatic heterocycles. The second kappa shape index (κ2) is 4.41. The molecule has 0 spiro atoms. The fraction of sp³-hybridized carbons (Fsp3) is 0.778. The Balaban J connectivity index is 4.73. The van der Waals surface area contributed by atoms with Gasteiger partial charge in [-0.3, -0.25) is 9.59 Å². The third kappa shape index (κ3) is 3.74. The van der Waals surface area contributed by atoms with Gasteiger partial charge in [-0.2, -0.15) is 0 Å². The molecule has 3 N–H and O–H groups in total. The summed E-state index contributed by atoms with van der Waals surface area (Å²) in [6.07, 6.45) is 0. The van der Waals surface area contributed by atoms with E-state index in [-0.39, 0.29) is 12.5 Å². The molecule has 0 rings (SSSR count). The van der Waals surface area contributed by atoms with E-state index in [9.17, 15) is 9.59 Å². The van der Waals surface area contributed by atoms with Crippen molar-refractivity contribution in [2.24, 2.45) is 5.73 Å². The first-order chi connectivity index (χ1) is 6.16. The summed E-state index contributed by atoms with van der Waals surface area (Å²) in [5, 5.41) is 8.64. The van der Waals surface area contributed by atoms with Crippen molar-refractivity contribution in [3.8, 4) is 0 Å². The van der Waals surface area contributed by atoms with E-state index in [1.807, 2.05) is 0 Å². The molecule has 0 aromatic heterocycles. The highest BCUT2D eigenvalue weighted by molar-refractivity contribution is 5.85. The number of nitrogens with zero attached hydrogens (tertiary/aromatic N) is 1. The highest BCUT2D eigenvalue weighted by Crippen LogP contribution is 2.13. The lowest BCUT2D eigenvalue weighted by molar-refractivity contribution is -0.148. The maximum atomic E-state index is 11.6. The molecule has 0 unspecified atom stereocenters. The van der Waals surface area contributed by atoms with Gasteiger partial charge in [0, 0.05) is 5.54 Å². The van der Waals surface area contributed by atoms with Gasteiger partial charge in [-0.1, -0.05) is 0 Å². The van der Waals surface area contributed by atoms with Crippen molar-refractivity contribution < 1.29 is 14.7 Å². The summed E-state index contributed by atoms with van der Waals surface area (Å²) >= 11 is 0. The first kappa shape index (κ1) is 12.9. The predicted octanol–water partition coefficient (Wildman–Crippen LogP) is 0.0453. The molecule has 1 amide bonds. The molecule has 0 bridgehead atoms. The Labute approximate surface area is 83.9 Å². The van der Waals surface area contributed by atoms with Crippen molar-refractivity contribution in [3.63, 3.8) is 0 Å². The minimum absolute atomic E-state index is 0.316. The number of rotatable bonds is 3. The van der Waals surface area contributed by atoms with Crippen LogP contribution in [-0.4, -0.2) is 40.0 Å². The van der Waals surface area contributed by atoms with Gasteiger partial charge in [0.1, 0.15) is 6.54 Å². The lowest BCUT2D eigenvalue weighted by atomic mass is 10.0. The molecule has 5 heteroatoms. The lowest BCUT2D eigenvalue weighted by Gasteiger charge is -2.35. The number of nitrogens with two attached hydrogens (primary N) is 1. The summed E-state index contributed by atoms with van der Waals surface area (Å²) < 4.78 is 0. The van der Waals surface area contributed by atoms with Crippen LogP contribution in [0.4, 0.5) is 0 Å². The Kier molecular flexibility index (Phi) is 4.07. The number of carboxylic acid groups (broad SMARTS) is 1. The summed E-state index contributed by atoms with van der Waals surface area (Å²) in [5.74, 6) is -1.38. The maximum Gasteiger partial charge on any atom is 0.323 e. The summed E-state index contributed by atoms with van der Waals surface area (Å²) in [4.78, 5) is 23.4. The lowest BCUT2D eigenvalue weighted by Crippen LogP contribution is -2.53. The molecule has 0 aromatic carbocycles. The van der Waals surface area contributed by atoms with Crippen molar-refractivity contribution >= 4 is 11.9 Å². The number of hydrogen-bond acceptors (Lipinski definition) is 3. The topological polar surface area (TPSA) is 83.6 Å². The minimum atomic E-state index is -1.03. The van der Waals surface area contributed by atoms with E-state index in [0.29, 0.717) is 0 Å². The number of carbonyl (C=O) groups excluding carboxylic acids is 1. The molecule has 0 radical (unpaired) electrons. The van der Waals surface area contributed by atoms with Gasteiger partial charge in [-0.25, -0.2) is 0 Å². The monoisotopic (exact) mass is 202 g/mol. The Morgan fingerprint density at radius 2 is 1.86 bits per heavy atom. The maximum absolute atomic E-state index is 11.6. The first-order valence-electron chi connectivity index (χ1n) is 4.45. The average Bonchev–Trinajstić information content (AvgIpc) is 1.96. The first-order valence-corrected chi connectivity index (χ1v) is 4.45. The fourth-order valence-corrected chi connectivity index (χ4v) is 1.03. The van der Waals surface area contributed by atoms with E-state index in [2.05, 4.69) is 0 Å². The normalized spacial score (nSPS) is 13.5. The van der Waals surface area contributed by atoms with Crippen LogP contribution in [0.2, 0.25) is 0 Å². The summed E-state index contributed by atoms with van der Waals surface area (Å²) in [7, 11) is 0. The predicted molar refractivity (Wildman–Crippen MR) is 52.8 cm³/mol. The molecule has 0 aliphatic rings. The second-order valence-electron chi connectivity index (χ2n) is 4.28. The zero-order chi connectivity index (χ0) is 11.5. The van der Waals surface area contributed by atoms with Gasteiger partial charge in [0.05, 0.1) is 6.04 Å². The van der Waals surface area contributed by atoms with Crippen LogP contribution in [0.25, 0.3) is 0 Å². The molecule has 0 saturated carbocycles. The van der Waals surface area contributed by atoms with Crippen LogP contribution in [-0.2, 0) is 9.59 Å². The van der Waals surface area contributed by atoms with E-state index in [1.165, 1.54) is 4.90 Å². The molecule has 82 valence electrons. The summed E-state index contributed by atoms with van der Waals surface area (Å²) in [6, 6.07) is -0.673. The number of carboxylic acids is 1. The quantitative estimate of drug-likeness (QED) is 0.677. The molecule has 14 heavy (non-hydrogen) atoms. The molecule has 1 atom stereocenters. The second-order valence-corrected chi connectivity index (χ2v) is 4.28. The van der Waals surface area contributed by atoms with Crippen molar-refractivity contribution in [2.75, 3.05) is 6.54 Å². The van der Waals surface area contributed by atoms with Crippen LogP contribution in [0.1, 0.15) is 27.7 Å². The van der Waals surface area contributed by atoms with Crippen LogP contribution in [0.5, 0.6) is 0 Å². The zero-order valence-electron chi connectivity index (χ0n) is 9.07. The highest BCUT2D eigenvalue weighted by atomic mass is 16.4. The average molecular weight is 202 g/mol. The van der Waals surface area contributed by atoms with Crippen molar-refractivity contribution in [2.45, 2.75) is 39.3 Å².